The highest BCUT2D eigenvalue weighted by Crippen LogP contribution is 2.41. The number of hydrogen-bond donors (Lipinski definition) is 2. The number of anilines is 1. The van der Waals surface area contributed by atoms with Crippen molar-refractivity contribution in [1.82, 2.24) is 30.0 Å². The van der Waals surface area contributed by atoms with E-state index in [1.165, 1.54) is 6.20 Å². The number of aryl methyl sites for hydroxylation is 1. The largest absolute Gasteiger partial charge is 0.417 e. The Morgan fingerprint density at radius 1 is 1.04 bits per heavy atom. The summed E-state index contributed by atoms with van der Waals surface area (Å²) in [5.41, 5.74) is 1.06. The molecule has 1 saturated heterocycles. The first-order chi connectivity index (χ1) is 23.5. The molecule has 4 aromatic rings. The van der Waals surface area contributed by atoms with Crippen molar-refractivity contribution < 1.29 is 23.1 Å². The molecule has 1 unspecified atom stereocenters. The number of nitrogens with one attached hydrogen (secondary N) is 1. The van der Waals surface area contributed by atoms with Gasteiger partial charge in [-0.3, -0.25) is 14.5 Å². The molecule has 3 aromatic heterocycles. The smallest absolute Gasteiger partial charge is 0.380 e. The molecule has 4 heterocycles. The summed E-state index contributed by atoms with van der Waals surface area (Å²) in [6, 6.07) is 15.8. The Labute approximate surface area is 283 Å². The molecular formula is C36H39F3N8O2. The third-order valence-corrected chi connectivity index (χ3v) is 9.93. The Balaban J connectivity index is 1.13. The first-order valence-corrected chi connectivity index (χ1v) is 16.6. The third kappa shape index (κ3) is 7.75. The van der Waals surface area contributed by atoms with E-state index in [-0.39, 0.29) is 36.4 Å². The van der Waals surface area contributed by atoms with Crippen LogP contribution >= 0.6 is 0 Å². The van der Waals surface area contributed by atoms with E-state index in [0.29, 0.717) is 24.6 Å². The first kappa shape index (κ1) is 34.0. The number of hydrogen-bond acceptors (Lipinski definition) is 8. The van der Waals surface area contributed by atoms with E-state index in [4.69, 9.17) is 4.98 Å². The minimum atomic E-state index is -4.71. The van der Waals surface area contributed by atoms with Gasteiger partial charge in [0.25, 0.3) is 0 Å². The Morgan fingerprint density at radius 2 is 1.78 bits per heavy atom. The number of benzene rings is 1. The zero-order chi connectivity index (χ0) is 34.6. The number of nitriles is 1. The van der Waals surface area contributed by atoms with Crippen molar-refractivity contribution in [1.29, 1.82) is 5.26 Å². The van der Waals surface area contributed by atoms with Gasteiger partial charge in [0.2, 0.25) is 5.91 Å². The third-order valence-electron chi connectivity index (χ3n) is 9.93. The van der Waals surface area contributed by atoms with Gasteiger partial charge in [-0.25, -0.2) is 9.97 Å². The number of amides is 1. The van der Waals surface area contributed by atoms with Crippen LogP contribution in [0.4, 0.5) is 19.0 Å². The average Bonchev–Trinajstić information content (AvgIpc) is 3.55. The predicted octanol–water partition coefficient (Wildman–Crippen LogP) is 5.49. The number of rotatable bonds is 9. The molecule has 1 atom stereocenters. The van der Waals surface area contributed by atoms with Gasteiger partial charge in [-0.05, 0) is 49.1 Å². The zero-order valence-corrected chi connectivity index (χ0v) is 27.3. The molecule has 0 spiro atoms. The van der Waals surface area contributed by atoms with Crippen molar-refractivity contribution in [3.8, 4) is 17.2 Å². The maximum absolute atomic E-state index is 13.8. The van der Waals surface area contributed by atoms with E-state index in [1.807, 2.05) is 55.7 Å². The zero-order valence-electron chi connectivity index (χ0n) is 27.3. The Kier molecular flexibility index (Phi) is 9.96. The normalized spacial score (nSPS) is 20.0. The molecule has 13 heteroatoms. The van der Waals surface area contributed by atoms with Gasteiger partial charge in [-0.15, -0.1) is 0 Å². The van der Waals surface area contributed by atoms with Gasteiger partial charge in [0, 0.05) is 69.5 Å². The summed E-state index contributed by atoms with van der Waals surface area (Å²) in [6.45, 7) is 0.276. The van der Waals surface area contributed by atoms with Crippen molar-refractivity contribution in [3.63, 3.8) is 0 Å². The van der Waals surface area contributed by atoms with E-state index in [0.717, 1.165) is 48.1 Å². The van der Waals surface area contributed by atoms with Crippen LogP contribution in [0.3, 0.4) is 0 Å². The first-order valence-electron chi connectivity index (χ1n) is 16.6. The second-order valence-electron chi connectivity index (χ2n) is 13.2. The van der Waals surface area contributed by atoms with Gasteiger partial charge < -0.3 is 15.3 Å². The molecule has 2 aliphatic rings. The van der Waals surface area contributed by atoms with Crippen LogP contribution in [0.1, 0.15) is 67.1 Å². The number of pyridine rings is 1. The summed E-state index contributed by atoms with van der Waals surface area (Å²) in [6.07, 6.45) is 5.04. The Morgan fingerprint density at radius 3 is 2.39 bits per heavy atom. The Bertz CT molecular complexity index is 1770. The van der Waals surface area contributed by atoms with Gasteiger partial charge in [-0.1, -0.05) is 36.4 Å². The topological polar surface area (TPSA) is 133 Å². The summed E-state index contributed by atoms with van der Waals surface area (Å²) in [7, 11) is 1.86. The van der Waals surface area contributed by atoms with E-state index in [1.54, 1.807) is 22.0 Å². The van der Waals surface area contributed by atoms with Crippen LogP contribution in [0.2, 0.25) is 0 Å². The molecule has 2 N–H and O–H groups in total. The highest BCUT2D eigenvalue weighted by molar-refractivity contribution is 5.83. The second kappa shape index (κ2) is 14.3. The summed E-state index contributed by atoms with van der Waals surface area (Å²) in [4.78, 5) is 29.2. The van der Waals surface area contributed by atoms with E-state index in [2.05, 4.69) is 26.5 Å². The fraction of sp³-hybridized carbons (Fsp3) is 0.444. The van der Waals surface area contributed by atoms with Crippen LogP contribution in [0.15, 0.2) is 67.3 Å². The van der Waals surface area contributed by atoms with E-state index in [9.17, 15) is 28.3 Å². The second-order valence-corrected chi connectivity index (χ2v) is 13.2. The lowest BCUT2D eigenvalue weighted by Crippen LogP contribution is -2.53. The molecule has 256 valence electrons. The quantitative estimate of drug-likeness (QED) is 0.239. The van der Waals surface area contributed by atoms with Gasteiger partial charge in [0.05, 0.1) is 24.0 Å². The lowest BCUT2D eigenvalue weighted by molar-refractivity contribution is -0.266. The monoisotopic (exact) mass is 672 g/mol. The highest BCUT2D eigenvalue weighted by atomic mass is 19.4. The van der Waals surface area contributed by atoms with Gasteiger partial charge >= 0.3 is 6.18 Å². The fourth-order valence-corrected chi connectivity index (χ4v) is 7.00. The molecule has 6 rings (SSSR count). The minimum Gasteiger partial charge on any atom is -0.380 e. The lowest BCUT2D eigenvalue weighted by atomic mass is 9.73. The summed E-state index contributed by atoms with van der Waals surface area (Å²) < 4.78 is 41.8. The van der Waals surface area contributed by atoms with Crippen LogP contribution in [-0.4, -0.2) is 60.6 Å². The molecule has 0 radical (unpaired) electrons. The number of aliphatic hydroxyl groups is 1. The molecule has 10 nitrogen and oxygen atoms in total. The molecule has 1 saturated carbocycles. The number of alkyl halides is 3. The maximum Gasteiger partial charge on any atom is 0.417 e. The van der Waals surface area contributed by atoms with E-state index >= 15 is 0 Å². The van der Waals surface area contributed by atoms with Crippen LogP contribution in [-0.2, 0) is 24.8 Å². The summed E-state index contributed by atoms with van der Waals surface area (Å²) in [5, 5.41) is 27.1. The van der Waals surface area contributed by atoms with Crippen molar-refractivity contribution in [2.24, 2.45) is 18.9 Å². The molecule has 0 bridgehead atoms. The molecule has 1 aromatic carbocycles. The summed E-state index contributed by atoms with van der Waals surface area (Å²) in [5.74, 6) is 0.651. The maximum atomic E-state index is 13.8. The highest BCUT2D eigenvalue weighted by Gasteiger charge is 2.54. The van der Waals surface area contributed by atoms with Gasteiger partial charge in [0.15, 0.2) is 5.60 Å². The fourth-order valence-electron chi connectivity index (χ4n) is 7.00. The standard InChI is InChI=1S/C36H39F3N8O2/c1-46-23-29(22-44-46)27-11-12-30(41-20-27)32(34(48)43-19-25-5-3-2-4-6-25)26-9-7-24(8-10-26)17-31-42-21-28(18-40)33(45-31)47-15-13-35(49,14-16-47)36(37,38)39/h2-6,11-12,20-24,26,32,49H,7-10,13-17,19H2,1H3,(H,43,48)/t24-,26-,32?. The number of carbonyl (C=O) groups is 1. The molecule has 49 heavy (non-hydrogen) atoms. The van der Waals surface area contributed by atoms with Crippen molar-refractivity contribution in [3.05, 3.63) is 89.9 Å². The van der Waals surface area contributed by atoms with Crippen LogP contribution < -0.4 is 10.2 Å². The van der Waals surface area contributed by atoms with Crippen molar-refractivity contribution >= 4 is 11.7 Å². The van der Waals surface area contributed by atoms with E-state index < -0.39 is 30.5 Å². The predicted molar refractivity (Wildman–Crippen MR) is 176 cm³/mol. The number of halogens is 3. The van der Waals surface area contributed by atoms with Crippen LogP contribution in [0, 0.1) is 23.2 Å². The molecular weight excluding hydrogens is 633 g/mol. The lowest BCUT2D eigenvalue weighted by Gasteiger charge is -2.39. The minimum absolute atomic E-state index is 0.0621. The van der Waals surface area contributed by atoms with Crippen LogP contribution in [0.5, 0.6) is 0 Å². The molecule has 1 aliphatic carbocycles. The number of aromatic nitrogens is 5. The van der Waals surface area contributed by atoms with Crippen molar-refractivity contribution in [2.45, 2.75) is 69.2 Å². The SMILES string of the molecule is Cn1cc(-c2ccc(C(C(=O)NCc3ccccc3)[C@H]3CC[C@H](Cc4ncc(C#N)c(N5CCC(O)(C(F)(F)F)CC5)n4)CC3)nc2)cn1. The molecule has 1 aliphatic heterocycles. The Hall–Kier alpha value is -4.83. The number of nitrogens with zero attached hydrogens (tertiary/aromatic N) is 7. The average molecular weight is 673 g/mol. The number of piperidine rings is 1. The van der Waals surface area contributed by atoms with Gasteiger partial charge in [0.1, 0.15) is 23.3 Å². The molecule has 2 fully saturated rings. The van der Waals surface area contributed by atoms with Crippen molar-refractivity contribution in [2.75, 3.05) is 18.0 Å². The van der Waals surface area contributed by atoms with Gasteiger partial charge in [-0.2, -0.15) is 23.5 Å². The summed E-state index contributed by atoms with van der Waals surface area (Å²) >= 11 is 0. The van der Waals surface area contributed by atoms with Crippen LogP contribution in [0.25, 0.3) is 11.1 Å². The number of carbonyl (C=O) groups excluding carboxylic acids is 1. The molecule has 1 amide bonds.